The molecule has 0 aliphatic carbocycles. The minimum atomic E-state index is 0.238. The zero-order valence-electron chi connectivity index (χ0n) is 7.32. The predicted octanol–water partition coefficient (Wildman–Crippen LogP) is 0.864. The second-order valence-electron chi connectivity index (χ2n) is 3.30. The highest BCUT2D eigenvalue weighted by Gasteiger charge is 2.22. The number of nitrogens with one attached hydrogen (secondary N) is 1. The molecule has 1 saturated heterocycles. The molecule has 1 atom stereocenters. The number of hydrogen-bond donors (Lipinski definition) is 1. The van der Waals surface area contributed by atoms with Crippen LogP contribution in [-0.2, 0) is 11.2 Å². The lowest BCUT2D eigenvalue weighted by atomic mass is 10.0. The van der Waals surface area contributed by atoms with Gasteiger partial charge in [0.15, 0.2) is 0 Å². The van der Waals surface area contributed by atoms with Crippen LogP contribution in [0.4, 0.5) is 0 Å². The van der Waals surface area contributed by atoms with E-state index in [4.69, 9.17) is 0 Å². The SMILES string of the molecule is O=C(Cc1cncs1)C1CCNC1. The number of carbonyl (C=O) groups excluding carboxylic acids is 1. The first-order valence-electron chi connectivity index (χ1n) is 4.47. The molecular formula is C9H12N2OS. The highest BCUT2D eigenvalue weighted by Crippen LogP contribution is 2.14. The number of ketones is 1. The Balaban J connectivity index is 1.91. The summed E-state index contributed by atoms with van der Waals surface area (Å²) in [5.74, 6) is 0.594. The minimum Gasteiger partial charge on any atom is -0.316 e. The van der Waals surface area contributed by atoms with Gasteiger partial charge >= 0.3 is 0 Å². The highest BCUT2D eigenvalue weighted by molar-refractivity contribution is 7.09. The smallest absolute Gasteiger partial charge is 0.142 e. The highest BCUT2D eigenvalue weighted by atomic mass is 32.1. The first kappa shape index (κ1) is 8.84. The molecule has 1 unspecified atom stereocenters. The lowest BCUT2D eigenvalue weighted by Gasteiger charge is -2.04. The van der Waals surface area contributed by atoms with Gasteiger partial charge in [-0.05, 0) is 13.0 Å². The van der Waals surface area contributed by atoms with Crippen molar-refractivity contribution in [2.45, 2.75) is 12.8 Å². The molecule has 0 spiro atoms. The average Bonchev–Trinajstić information content (AvgIpc) is 2.74. The largest absolute Gasteiger partial charge is 0.316 e. The third-order valence-corrected chi connectivity index (χ3v) is 3.13. The van der Waals surface area contributed by atoms with E-state index in [-0.39, 0.29) is 5.92 Å². The van der Waals surface area contributed by atoms with Crippen LogP contribution in [0.2, 0.25) is 0 Å². The van der Waals surface area contributed by atoms with Gasteiger partial charge in [-0.25, -0.2) is 0 Å². The van der Waals surface area contributed by atoms with Crippen LogP contribution >= 0.6 is 11.3 Å². The Morgan fingerprint density at radius 3 is 3.31 bits per heavy atom. The van der Waals surface area contributed by atoms with Gasteiger partial charge in [-0.15, -0.1) is 11.3 Å². The summed E-state index contributed by atoms with van der Waals surface area (Å²) in [5.41, 5.74) is 1.77. The van der Waals surface area contributed by atoms with Crippen LogP contribution in [0.15, 0.2) is 11.7 Å². The van der Waals surface area contributed by atoms with Crippen LogP contribution in [0.5, 0.6) is 0 Å². The fourth-order valence-electron chi connectivity index (χ4n) is 1.57. The summed E-state index contributed by atoms with van der Waals surface area (Å²) in [6.45, 7) is 1.84. The molecule has 0 bridgehead atoms. The number of aromatic nitrogens is 1. The minimum absolute atomic E-state index is 0.238. The molecule has 1 N–H and O–H groups in total. The molecule has 2 heterocycles. The molecule has 1 aromatic heterocycles. The molecule has 1 aromatic rings. The van der Waals surface area contributed by atoms with E-state index in [1.807, 2.05) is 0 Å². The van der Waals surface area contributed by atoms with Crippen molar-refractivity contribution in [2.24, 2.45) is 5.92 Å². The standard InChI is InChI=1S/C9H12N2OS/c12-9(7-1-2-10-4-7)3-8-5-11-6-13-8/h5-7,10H,1-4H2. The first-order valence-corrected chi connectivity index (χ1v) is 5.35. The average molecular weight is 196 g/mol. The normalized spacial score (nSPS) is 22.0. The quantitative estimate of drug-likeness (QED) is 0.779. The van der Waals surface area contributed by atoms with Crippen LogP contribution in [-0.4, -0.2) is 23.9 Å². The maximum atomic E-state index is 11.7. The molecule has 0 amide bonds. The van der Waals surface area contributed by atoms with Crippen molar-refractivity contribution < 1.29 is 4.79 Å². The van der Waals surface area contributed by atoms with Crippen molar-refractivity contribution in [3.05, 3.63) is 16.6 Å². The molecule has 0 radical (unpaired) electrons. The molecule has 13 heavy (non-hydrogen) atoms. The molecule has 1 fully saturated rings. The summed E-state index contributed by atoms with van der Waals surface area (Å²) in [4.78, 5) is 16.7. The van der Waals surface area contributed by atoms with Gasteiger partial charge in [-0.2, -0.15) is 0 Å². The Hall–Kier alpha value is -0.740. The second kappa shape index (κ2) is 3.98. The van der Waals surface area contributed by atoms with Gasteiger partial charge in [0.2, 0.25) is 0 Å². The molecule has 3 nitrogen and oxygen atoms in total. The summed E-state index contributed by atoms with van der Waals surface area (Å²) in [5, 5.41) is 3.20. The molecular weight excluding hydrogens is 184 g/mol. The summed E-state index contributed by atoms with van der Waals surface area (Å²) in [6.07, 6.45) is 3.35. The van der Waals surface area contributed by atoms with Gasteiger partial charge in [0, 0.05) is 30.0 Å². The first-order chi connectivity index (χ1) is 6.36. The molecule has 4 heteroatoms. The predicted molar refractivity (Wildman–Crippen MR) is 51.8 cm³/mol. The fraction of sp³-hybridized carbons (Fsp3) is 0.556. The van der Waals surface area contributed by atoms with E-state index in [0.717, 1.165) is 24.4 Å². The molecule has 1 aliphatic heterocycles. The van der Waals surface area contributed by atoms with Gasteiger partial charge in [0.25, 0.3) is 0 Å². The Morgan fingerprint density at radius 1 is 1.77 bits per heavy atom. The van der Waals surface area contributed by atoms with Crippen molar-refractivity contribution in [2.75, 3.05) is 13.1 Å². The van der Waals surface area contributed by atoms with E-state index >= 15 is 0 Å². The summed E-state index contributed by atoms with van der Waals surface area (Å²) >= 11 is 1.56. The van der Waals surface area contributed by atoms with Crippen molar-refractivity contribution in [1.29, 1.82) is 0 Å². The lowest BCUT2D eigenvalue weighted by Crippen LogP contribution is -2.19. The van der Waals surface area contributed by atoms with Crippen molar-refractivity contribution in [1.82, 2.24) is 10.3 Å². The number of hydrogen-bond acceptors (Lipinski definition) is 4. The van der Waals surface area contributed by atoms with Crippen molar-refractivity contribution >= 4 is 17.1 Å². The van der Waals surface area contributed by atoms with Gasteiger partial charge in [0.05, 0.1) is 5.51 Å². The second-order valence-corrected chi connectivity index (χ2v) is 4.27. The fourth-order valence-corrected chi connectivity index (χ4v) is 2.18. The molecule has 70 valence electrons. The summed E-state index contributed by atoms with van der Waals surface area (Å²) in [7, 11) is 0. The van der Waals surface area contributed by atoms with Gasteiger partial charge in [-0.3, -0.25) is 9.78 Å². The van der Waals surface area contributed by atoms with Gasteiger partial charge in [-0.1, -0.05) is 0 Å². The number of thiazole rings is 1. The number of carbonyl (C=O) groups is 1. The van der Waals surface area contributed by atoms with E-state index in [0.29, 0.717) is 12.2 Å². The number of rotatable bonds is 3. The van der Waals surface area contributed by atoms with Crippen LogP contribution < -0.4 is 5.32 Å². The van der Waals surface area contributed by atoms with Crippen LogP contribution in [0.25, 0.3) is 0 Å². The van der Waals surface area contributed by atoms with Gasteiger partial charge in [0.1, 0.15) is 5.78 Å². The Bertz CT molecular complexity index is 278. The molecule has 0 saturated carbocycles. The van der Waals surface area contributed by atoms with Crippen LogP contribution in [0, 0.1) is 5.92 Å². The number of nitrogens with zero attached hydrogens (tertiary/aromatic N) is 1. The van der Waals surface area contributed by atoms with E-state index in [9.17, 15) is 4.79 Å². The van der Waals surface area contributed by atoms with E-state index in [1.54, 1.807) is 23.0 Å². The van der Waals surface area contributed by atoms with Crippen molar-refractivity contribution in [3.8, 4) is 0 Å². The maximum Gasteiger partial charge on any atom is 0.142 e. The topological polar surface area (TPSA) is 42.0 Å². The van der Waals surface area contributed by atoms with Crippen LogP contribution in [0.3, 0.4) is 0 Å². The summed E-state index contributed by atoms with van der Waals surface area (Å²) in [6, 6.07) is 0. The van der Waals surface area contributed by atoms with Crippen molar-refractivity contribution in [3.63, 3.8) is 0 Å². The zero-order valence-corrected chi connectivity index (χ0v) is 8.14. The zero-order chi connectivity index (χ0) is 9.10. The van der Waals surface area contributed by atoms with Crippen LogP contribution in [0.1, 0.15) is 11.3 Å². The Labute approximate surface area is 81.2 Å². The molecule has 2 rings (SSSR count). The third kappa shape index (κ3) is 2.14. The summed E-state index contributed by atoms with van der Waals surface area (Å²) < 4.78 is 0. The third-order valence-electron chi connectivity index (χ3n) is 2.35. The monoisotopic (exact) mass is 196 g/mol. The van der Waals surface area contributed by atoms with Gasteiger partial charge < -0.3 is 5.32 Å². The Kier molecular flexibility index (Phi) is 2.71. The molecule has 0 aromatic carbocycles. The number of Topliss-reactive ketones (excluding diaryl/α,β-unsaturated/α-hetero) is 1. The maximum absolute atomic E-state index is 11.7. The van der Waals surface area contributed by atoms with E-state index in [1.165, 1.54) is 0 Å². The Morgan fingerprint density at radius 2 is 2.69 bits per heavy atom. The molecule has 1 aliphatic rings. The van der Waals surface area contributed by atoms with E-state index < -0.39 is 0 Å². The lowest BCUT2D eigenvalue weighted by molar-refractivity contribution is -0.121. The van der Waals surface area contributed by atoms with E-state index in [2.05, 4.69) is 10.3 Å².